The van der Waals surface area contributed by atoms with E-state index in [0.29, 0.717) is 12.2 Å². The van der Waals surface area contributed by atoms with Gasteiger partial charge in [0.15, 0.2) is 5.03 Å². The van der Waals surface area contributed by atoms with E-state index in [-0.39, 0.29) is 36.1 Å². The molecule has 0 unspecified atom stereocenters. The van der Waals surface area contributed by atoms with Crippen molar-refractivity contribution in [3.05, 3.63) is 41.9 Å². The van der Waals surface area contributed by atoms with Crippen molar-refractivity contribution < 1.29 is 16.8 Å². The first-order valence-corrected chi connectivity index (χ1v) is 12.1. The molecule has 8 nitrogen and oxygen atoms in total. The number of nitrogens with zero attached hydrogens (tertiary/aromatic N) is 4. The van der Waals surface area contributed by atoms with Gasteiger partial charge in [-0.3, -0.25) is 0 Å². The predicted molar refractivity (Wildman–Crippen MR) is 106 cm³/mol. The van der Waals surface area contributed by atoms with Gasteiger partial charge in [-0.15, -0.1) is 0 Å². The molecular formula is C18H26N4O4S2. The first-order chi connectivity index (χ1) is 13.2. The van der Waals surface area contributed by atoms with Crippen molar-refractivity contribution in [3.63, 3.8) is 0 Å². The molecule has 1 saturated heterocycles. The molecule has 1 aliphatic heterocycles. The quantitative estimate of drug-likeness (QED) is 0.720. The molecule has 1 aromatic heterocycles. The molecule has 0 N–H and O–H groups in total. The van der Waals surface area contributed by atoms with Crippen molar-refractivity contribution in [3.8, 4) is 0 Å². The van der Waals surface area contributed by atoms with Crippen molar-refractivity contribution in [2.75, 3.05) is 26.2 Å². The zero-order chi connectivity index (χ0) is 20.5. The van der Waals surface area contributed by atoms with E-state index < -0.39 is 20.0 Å². The van der Waals surface area contributed by atoms with Crippen molar-refractivity contribution >= 4 is 20.0 Å². The second kappa shape index (κ2) is 7.94. The molecule has 0 bridgehead atoms. The molecule has 2 heterocycles. The Bertz CT molecular complexity index is 1020. The van der Waals surface area contributed by atoms with E-state index in [1.807, 2.05) is 19.1 Å². The van der Waals surface area contributed by atoms with Crippen LogP contribution in [0.15, 0.2) is 40.4 Å². The van der Waals surface area contributed by atoms with Crippen molar-refractivity contribution in [2.24, 2.45) is 7.05 Å². The fourth-order valence-electron chi connectivity index (χ4n) is 3.18. The Balaban J connectivity index is 1.78. The van der Waals surface area contributed by atoms with Crippen LogP contribution in [0.1, 0.15) is 24.7 Å². The zero-order valence-corrected chi connectivity index (χ0v) is 18.0. The Morgan fingerprint density at radius 1 is 0.929 bits per heavy atom. The molecule has 0 aliphatic carbocycles. The van der Waals surface area contributed by atoms with Gasteiger partial charge in [0.25, 0.3) is 10.0 Å². The minimum absolute atomic E-state index is 0.000962. The summed E-state index contributed by atoms with van der Waals surface area (Å²) in [4.78, 5) is 4.36. The van der Waals surface area contributed by atoms with Gasteiger partial charge in [0.1, 0.15) is 5.82 Å². The Morgan fingerprint density at radius 3 is 2.00 bits per heavy atom. The number of hydrogen-bond donors (Lipinski definition) is 0. The van der Waals surface area contributed by atoms with Gasteiger partial charge in [0.2, 0.25) is 10.0 Å². The van der Waals surface area contributed by atoms with Crippen LogP contribution in [0.2, 0.25) is 0 Å². The normalized spacial score (nSPS) is 17.5. The molecule has 0 saturated carbocycles. The maximum atomic E-state index is 13.0. The number of rotatable bonds is 5. The molecule has 0 spiro atoms. The van der Waals surface area contributed by atoms with Gasteiger partial charge < -0.3 is 4.57 Å². The monoisotopic (exact) mass is 426 g/mol. The molecule has 154 valence electrons. The molecule has 1 fully saturated rings. The molecular weight excluding hydrogens is 400 g/mol. The largest absolute Gasteiger partial charge is 0.337 e. The first-order valence-electron chi connectivity index (χ1n) is 9.25. The molecule has 3 rings (SSSR count). The van der Waals surface area contributed by atoms with E-state index in [1.165, 1.54) is 14.8 Å². The Kier molecular flexibility index (Phi) is 5.95. The molecule has 2 aromatic rings. The van der Waals surface area contributed by atoms with Crippen LogP contribution in [-0.2, 0) is 33.5 Å². The van der Waals surface area contributed by atoms with E-state index in [9.17, 15) is 16.8 Å². The number of hydrogen-bond acceptors (Lipinski definition) is 5. The van der Waals surface area contributed by atoms with E-state index >= 15 is 0 Å². The summed E-state index contributed by atoms with van der Waals surface area (Å²) in [5.41, 5.74) is 1.07. The summed E-state index contributed by atoms with van der Waals surface area (Å²) in [5, 5.41) is -0.000962. The van der Waals surface area contributed by atoms with Gasteiger partial charge in [-0.2, -0.15) is 8.61 Å². The summed E-state index contributed by atoms with van der Waals surface area (Å²) in [7, 11) is -5.67. The third-order valence-electron chi connectivity index (χ3n) is 5.07. The maximum Gasteiger partial charge on any atom is 0.262 e. The lowest BCUT2D eigenvalue weighted by Crippen LogP contribution is -2.37. The van der Waals surface area contributed by atoms with Crippen molar-refractivity contribution in [1.82, 2.24) is 18.2 Å². The number of aryl methyl sites for hydroxylation is 3. The van der Waals surface area contributed by atoms with Crippen LogP contribution in [-0.4, -0.2) is 61.2 Å². The Labute approximate surface area is 166 Å². The molecule has 1 aliphatic rings. The van der Waals surface area contributed by atoms with Gasteiger partial charge in [0.05, 0.1) is 4.90 Å². The second-order valence-electron chi connectivity index (χ2n) is 6.90. The summed E-state index contributed by atoms with van der Waals surface area (Å²) in [5.74, 6) is 0.605. The number of benzene rings is 1. The average molecular weight is 427 g/mol. The van der Waals surface area contributed by atoms with Crippen molar-refractivity contribution in [2.45, 2.75) is 36.6 Å². The second-order valence-corrected chi connectivity index (χ2v) is 10.7. The molecule has 10 heteroatoms. The van der Waals surface area contributed by atoms with E-state index in [4.69, 9.17) is 0 Å². The third kappa shape index (κ3) is 4.00. The first kappa shape index (κ1) is 21.0. The smallest absolute Gasteiger partial charge is 0.262 e. The topological polar surface area (TPSA) is 92.6 Å². The van der Waals surface area contributed by atoms with Crippen LogP contribution in [0.4, 0.5) is 0 Å². The average Bonchev–Trinajstić information content (AvgIpc) is 2.88. The van der Waals surface area contributed by atoms with Gasteiger partial charge >= 0.3 is 0 Å². The Hall–Kier alpha value is -1.75. The number of aromatic nitrogens is 2. The highest BCUT2D eigenvalue weighted by atomic mass is 32.2. The van der Waals surface area contributed by atoms with Crippen molar-refractivity contribution in [1.29, 1.82) is 0 Å². The SMILES string of the molecule is CCc1ccc(S(=O)(=O)N2CCCN(S(=O)(=O)c3cn(C)c(C)n3)CC2)cc1. The fourth-order valence-corrected chi connectivity index (χ4v) is 6.14. The lowest BCUT2D eigenvalue weighted by atomic mass is 10.2. The molecule has 0 atom stereocenters. The summed E-state index contributed by atoms with van der Waals surface area (Å²) in [6, 6.07) is 6.85. The van der Waals surface area contributed by atoms with Gasteiger partial charge in [-0.05, 0) is 37.5 Å². The number of imidazole rings is 1. The fraction of sp³-hybridized carbons (Fsp3) is 0.500. The van der Waals surface area contributed by atoms with Crippen LogP contribution in [0.3, 0.4) is 0 Å². The van der Waals surface area contributed by atoms with Crippen LogP contribution in [0.25, 0.3) is 0 Å². The summed E-state index contributed by atoms with van der Waals surface area (Å²) >= 11 is 0. The standard InChI is InChI=1S/C18H26N4O4S2/c1-4-16-6-8-17(9-7-16)27(23,24)21-10-5-11-22(13-12-21)28(25,26)18-14-20(3)15(2)19-18/h6-9,14H,4-5,10-13H2,1-3H3. The van der Waals surface area contributed by atoms with E-state index in [0.717, 1.165) is 12.0 Å². The summed E-state index contributed by atoms with van der Waals surface area (Å²) in [6.07, 6.45) is 2.75. The lowest BCUT2D eigenvalue weighted by Gasteiger charge is -2.21. The van der Waals surface area contributed by atoms with Crippen LogP contribution in [0, 0.1) is 6.92 Å². The minimum Gasteiger partial charge on any atom is -0.337 e. The highest BCUT2D eigenvalue weighted by molar-refractivity contribution is 7.89. The van der Waals surface area contributed by atoms with Crippen LogP contribution >= 0.6 is 0 Å². The Morgan fingerprint density at radius 2 is 1.50 bits per heavy atom. The summed E-state index contributed by atoms with van der Waals surface area (Å²) in [6.45, 7) is 4.51. The molecule has 28 heavy (non-hydrogen) atoms. The zero-order valence-electron chi connectivity index (χ0n) is 16.4. The molecule has 1 aromatic carbocycles. The third-order valence-corrected chi connectivity index (χ3v) is 8.76. The van der Waals surface area contributed by atoms with Crippen LogP contribution < -0.4 is 0 Å². The highest BCUT2D eigenvalue weighted by Gasteiger charge is 2.32. The predicted octanol–water partition coefficient (Wildman–Crippen LogP) is 1.38. The maximum absolute atomic E-state index is 13.0. The highest BCUT2D eigenvalue weighted by Crippen LogP contribution is 2.21. The summed E-state index contributed by atoms with van der Waals surface area (Å²) < 4.78 is 56.0. The van der Waals surface area contributed by atoms with Gasteiger partial charge in [-0.1, -0.05) is 19.1 Å². The van der Waals surface area contributed by atoms with E-state index in [2.05, 4.69) is 4.98 Å². The van der Waals surface area contributed by atoms with Gasteiger partial charge in [0, 0.05) is 39.4 Å². The van der Waals surface area contributed by atoms with Gasteiger partial charge in [-0.25, -0.2) is 21.8 Å². The minimum atomic E-state index is -3.75. The van der Waals surface area contributed by atoms with E-state index in [1.54, 1.807) is 30.7 Å². The molecule has 0 radical (unpaired) electrons. The number of sulfonamides is 2. The van der Waals surface area contributed by atoms with Crippen LogP contribution in [0.5, 0.6) is 0 Å². The lowest BCUT2D eigenvalue weighted by molar-refractivity contribution is 0.403. The molecule has 0 amide bonds.